The predicted octanol–water partition coefficient (Wildman–Crippen LogP) is 0.898. The Bertz CT molecular complexity index is 253. The van der Waals surface area contributed by atoms with Crippen LogP contribution in [-0.4, -0.2) is 19.9 Å². The largest absolute Gasteiger partial charge is 0.275 e. The first-order valence-corrected chi connectivity index (χ1v) is 3.85. The van der Waals surface area contributed by atoms with Gasteiger partial charge in [0.05, 0.1) is 5.93 Å². The molecule has 1 atom stereocenters. The van der Waals surface area contributed by atoms with E-state index in [0.29, 0.717) is 8.35 Å². The van der Waals surface area contributed by atoms with Crippen LogP contribution in [-0.2, 0) is 0 Å². The molecule has 0 spiro atoms. The maximum absolute atomic E-state index is 4.13. The van der Waals surface area contributed by atoms with Crippen LogP contribution >= 0.6 is 8.35 Å². The number of aromatic nitrogens is 4. The van der Waals surface area contributed by atoms with E-state index in [9.17, 15) is 0 Å². The van der Waals surface area contributed by atoms with E-state index in [1.54, 1.807) is 12.1 Å². The zero-order valence-electron chi connectivity index (χ0n) is 5.07. The average Bonchev–Trinajstić information content (AvgIpc) is 2.59. The van der Waals surface area contributed by atoms with Gasteiger partial charge < -0.3 is 0 Å². The standard InChI is InChI=1S/C5H5N4P/c1-2-7-8-4(1)5-6-3-10-9-5/h1-3,10H,(H,7,8). The zero-order chi connectivity index (χ0) is 6.81. The van der Waals surface area contributed by atoms with E-state index >= 15 is 0 Å². The van der Waals surface area contributed by atoms with E-state index < -0.39 is 0 Å². The van der Waals surface area contributed by atoms with Gasteiger partial charge in [0.2, 0.25) is 0 Å². The molecule has 50 valence electrons. The normalized spacial score (nSPS) is 10.8. The lowest BCUT2D eigenvalue weighted by Crippen LogP contribution is -1.78. The molecule has 2 aromatic heterocycles. The van der Waals surface area contributed by atoms with Crippen LogP contribution in [0.25, 0.3) is 11.5 Å². The van der Waals surface area contributed by atoms with Crippen LogP contribution in [0.4, 0.5) is 0 Å². The van der Waals surface area contributed by atoms with Crippen molar-refractivity contribution in [2.45, 2.75) is 0 Å². The zero-order valence-corrected chi connectivity index (χ0v) is 6.07. The highest BCUT2D eigenvalue weighted by molar-refractivity contribution is 7.24. The number of hydrogen-bond donors (Lipinski definition) is 1. The van der Waals surface area contributed by atoms with Crippen molar-refractivity contribution in [2.75, 3.05) is 0 Å². The van der Waals surface area contributed by atoms with Crippen LogP contribution in [0.15, 0.2) is 18.2 Å². The van der Waals surface area contributed by atoms with Crippen molar-refractivity contribution in [3.8, 4) is 11.5 Å². The van der Waals surface area contributed by atoms with Crippen LogP contribution in [0.5, 0.6) is 0 Å². The van der Waals surface area contributed by atoms with Gasteiger partial charge in [-0.05, 0) is 14.4 Å². The lowest BCUT2D eigenvalue weighted by molar-refractivity contribution is 1.08. The van der Waals surface area contributed by atoms with Gasteiger partial charge in [-0.25, -0.2) is 9.73 Å². The van der Waals surface area contributed by atoms with Gasteiger partial charge in [0.1, 0.15) is 5.69 Å². The Kier molecular flexibility index (Phi) is 1.25. The number of nitrogens with one attached hydrogen (secondary N) is 1. The third kappa shape index (κ3) is 0.826. The average molecular weight is 152 g/mol. The second-order valence-electron chi connectivity index (χ2n) is 1.79. The van der Waals surface area contributed by atoms with Crippen molar-refractivity contribution in [1.82, 2.24) is 19.9 Å². The Balaban J connectivity index is 2.48. The van der Waals surface area contributed by atoms with Crippen LogP contribution in [0.2, 0.25) is 0 Å². The van der Waals surface area contributed by atoms with Crippen molar-refractivity contribution < 1.29 is 0 Å². The third-order valence-electron chi connectivity index (χ3n) is 1.16. The molecule has 0 aliphatic rings. The summed E-state index contributed by atoms with van der Waals surface area (Å²) < 4.78 is 4.13. The molecule has 10 heavy (non-hydrogen) atoms. The summed E-state index contributed by atoms with van der Waals surface area (Å²) in [5.74, 6) is 2.56. The first-order chi connectivity index (χ1) is 4.97. The topological polar surface area (TPSA) is 54.5 Å². The van der Waals surface area contributed by atoms with Gasteiger partial charge in [0.25, 0.3) is 0 Å². The number of aromatic amines is 1. The summed E-state index contributed by atoms with van der Waals surface area (Å²) in [6.45, 7) is 0. The molecule has 0 amide bonds. The molecule has 0 saturated heterocycles. The Hall–Kier alpha value is -1.15. The van der Waals surface area contributed by atoms with E-state index in [4.69, 9.17) is 0 Å². The van der Waals surface area contributed by atoms with Crippen molar-refractivity contribution in [2.24, 2.45) is 0 Å². The molecular formula is C5H5N4P. The highest BCUT2D eigenvalue weighted by Gasteiger charge is 1.98. The van der Waals surface area contributed by atoms with Crippen LogP contribution in [0.1, 0.15) is 0 Å². The maximum Gasteiger partial charge on any atom is 0.181 e. The summed E-state index contributed by atoms with van der Waals surface area (Å²) >= 11 is 0. The maximum atomic E-state index is 4.13. The van der Waals surface area contributed by atoms with Gasteiger partial charge in [0.15, 0.2) is 5.82 Å². The Morgan fingerprint density at radius 3 is 3.10 bits per heavy atom. The molecule has 2 aromatic rings. The van der Waals surface area contributed by atoms with Crippen molar-refractivity contribution in [1.29, 1.82) is 0 Å². The SMILES string of the molecule is c1cc(-c2nc[pH]n2)[nH]n1. The Morgan fingerprint density at radius 1 is 1.50 bits per heavy atom. The van der Waals surface area contributed by atoms with Gasteiger partial charge in [-0.15, -0.1) is 0 Å². The van der Waals surface area contributed by atoms with E-state index in [2.05, 4.69) is 19.9 Å². The van der Waals surface area contributed by atoms with E-state index in [-0.39, 0.29) is 0 Å². The molecule has 1 N–H and O–H groups in total. The minimum Gasteiger partial charge on any atom is -0.275 e. The quantitative estimate of drug-likeness (QED) is 0.660. The second kappa shape index (κ2) is 2.23. The fourth-order valence-corrected chi connectivity index (χ4v) is 1.26. The molecule has 0 bridgehead atoms. The minimum absolute atomic E-state index is 0.475. The molecule has 0 radical (unpaired) electrons. The Morgan fingerprint density at radius 2 is 2.50 bits per heavy atom. The van der Waals surface area contributed by atoms with E-state index in [1.807, 2.05) is 6.07 Å². The first kappa shape index (κ1) is 5.62. The lowest BCUT2D eigenvalue weighted by atomic mass is 10.4. The highest BCUT2D eigenvalue weighted by Crippen LogP contribution is 2.12. The summed E-state index contributed by atoms with van der Waals surface area (Å²) in [4.78, 5) is 4.04. The molecular weight excluding hydrogens is 147 g/mol. The first-order valence-electron chi connectivity index (χ1n) is 2.82. The number of rotatable bonds is 1. The summed E-state index contributed by atoms with van der Waals surface area (Å²) in [7, 11) is 0.475. The number of hydrogen-bond acceptors (Lipinski definition) is 3. The smallest absolute Gasteiger partial charge is 0.181 e. The van der Waals surface area contributed by atoms with Gasteiger partial charge in [-0.3, -0.25) is 5.10 Å². The molecule has 0 saturated carbocycles. The van der Waals surface area contributed by atoms with Crippen LogP contribution in [0.3, 0.4) is 0 Å². The second-order valence-corrected chi connectivity index (χ2v) is 2.53. The third-order valence-corrected chi connectivity index (χ3v) is 1.74. The molecule has 1 unspecified atom stereocenters. The number of H-pyrrole nitrogens is 1. The Labute approximate surface area is 58.9 Å². The molecule has 0 fully saturated rings. The predicted molar refractivity (Wildman–Crippen MR) is 39.1 cm³/mol. The van der Waals surface area contributed by atoms with E-state index in [0.717, 1.165) is 11.5 Å². The lowest BCUT2D eigenvalue weighted by Gasteiger charge is -1.83. The number of nitrogens with zero attached hydrogens (tertiary/aromatic N) is 3. The molecule has 2 heterocycles. The summed E-state index contributed by atoms with van der Waals surface area (Å²) in [6, 6.07) is 1.85. The van der Waals surface area contributed by atoms with Gasteiger partial charge in [-0.2, -0.15) is 5.10 Å². The fourth-order valence-electron chi connectivity index (χ4n) is 0.719. The van der Waals surface area contributed by atoms with Crippen LogP contribution in [0, 0.1) is 0 Å². The minimum atomic E-state index is 0.475. The monoisotopic (exact) mass is 152 g/mol. The fraction of sp³-hybridized carbons (Fsp3) is 0. The molecule has 5 heteroatoms. The molecule has 2 rings (SSSR count). The molecule has 0 aliphatic carbocycles. The van der Waals surface area contributed by atoms with Crippen LogP contribution < -0.4 is 0 Å². The van der Waals surface area contributed by atoms with Crippen molar-refractivity contribution >= 4 is 8.35 Å². The van der Waals surface area contributed by atoms with Gasteiger partial charge in [0, 0.05) is 6.20 Å². The summed E-state index contributed by atoms with van der Waals surface area (Å²) in [6.07, 6.45) is 1.69. The van der Waals surface area contributed by atoms with Crippen molar-refractivity contribution in [3.05, 3.63) is 18.2 Å². The summed E-state index contributed by atoms with van der Waals surface area (Å²) in [5.41, 5.74) is 0.890. The molecule has 4 nitrogen and oxygen atoms in total. The highest BCUT2D eigenvalue weighted by atomic mass is 31.0. The van der Waals surface area contributed by atoms with Gasteiger partial charge >= 0.3 is 0 Å². The van der Waals surface area contributed by atoms with Crippen molar-refractivity contribution in [3.63, 3.8) is 0 Å². The van der Waals surface area contributed by atoms with E-state index in [1.165, 1.54) is 0 Å². The summed E-state index contributed by atoms with van der Waals surface area (Å²) in [5, 5.41) is 6.58. The van der Waals surface area contributed by atoms with Gasteiger partial charge in [-0.1, -0.05) is 0 Å². The molecule has 0 aromatic carbocycles. The molecule has 0 aliphatic heterocycles.